The van der Waals surface area contributed by atoms with Crippen molar-refractivity contribution in [2.45, 2.75) is 39.5 Å². The van der Waals surface area contributed by atoms with Gasteiger partial charge >= 0.3 is 5.97 Å². The Morgan fingerprint density at radius 2 is 1.81 bits per heavy atom. The average Bonchev–Trinajstić information content (AvgIpc) is 3.18. The van der Waals surface area contributed by atoms with Gasteiger partial charge in [0.2, 0.25) is 5.91 Å². The van der Waals surface area contributed by atoms with Gasteiger partial charge in [0.15, 0.2) is 6.61 Å². The Labute approximate surface area is 207 Å². The average molecular weight is 497 g/mol. The number of nitro benzene ring substituents is 1. The highest BCUT2D eigenvalue weighted by molar-refractivity contribution is 5.97. The summed E-state index contributed by atoms with van der Waals surface area (Å²) in [5, 5.41) is 14.5. The van der Waals surface area contributed by atoms with Crippen molar-refractivity contribution in [2.24, 2.45) is 5.92 Å². The van der Waals surface area contributed by atoms with E-state index in [-0.39, 0.29) is 29.8 Å². The summed E-state index contributed by atoms with van der Waals surface area (Å²) in [6.07, 6.45) is -0.173. The highest BCUT2D eigenvalue weighted by Crippen LogP contribution is 2.24. The van der Waals surface area contributed by atoms with E-state index in [4.69, 9.17) is 4.74 Å². The number of amides is 3. The standard InChI is InChI=1S/C25H28N4O7/c1-15-5-10-19(12-20(15)29(34)35)26-21(30)14-36-24(33)17-11-22(31)28(13-17)27-23(32)16-6-8-18(9-7-16)25(2,3)4/h5-10,12,17H,11,13-14H2,1-4H3,(H,26,30)(H,27,32)/t17-/m0/s1. The molecule has 2 aromatic rings. The van der Waals surface area contributed by atoms with E-state index in [2.05, 4.69) is 31.5 Å². The molecule has 36 heavy (non-hydrogen) atoms. The molecule has 0 aliphatic carbocycles. The third kappa shape index (κ3) is 6.44. The minimum Gasteiger partial charge on any atom is -0.455 e. The smallest absolute Gasteiger partial charge is 0.311 e. The second kappa shape index (κ2) is 10.5. The molecule has 1 saturated heterocycles. The predicted molar refractivity (Wildman–Crippen MR) is 130 cm³/mol. The molecule has 1 heterocycles. The van der Waals surface area contributed by atoms with Crippen molar-refractivity contribution < 1.29 is 28.8 Å². The number of nitrogens with one attached hydrogen (secondary N) is 2. The molecular weight excluding hydrogens is 468 g/mol. The summed E-state index contributed by atoms with van der Waals surface area (Å²) in [7, 11) is 0. The fraction of sp³-hybridized carbons (Fsp3) is 0.360. The number of hydrogen-bond donors (Lipinski definition) is 2. The zero-order valence-corrected chi connectivity index (χ0v) is 20.5. The molecule has 11 nitrogen and oxygen atoms in total. The van der Waals surface area contributed by atoms with Crippen molar-refractivity contribution in [3.63, 3.8) is 0 Å². The number of anilines is 1. The van der Waals surface area contributed by atoms with E-state index >= 15 is 0 Å². The Morgan fingerprint density at radius 3 is 2.42 bits per heavy atom. The lowest BCUT2D eigenvalue weighted by molar-refractivity contribution is -0.385. The second-order valence-corrected chi connectivity index (χ2v) is 9.59. The van der Waals surface area contributed by atoms with Crippen molar-refractivity contribution in [1.82, 2.24) is 10.4 Å². The molecule has 0 unspecified atom stereocenters. The van der Waals surface area contributed by atoms with Gasteiger partial charge < -0.3 is 10.1 Å². The highest BCUT2D eigenvalue weighted by atomic mass is 16.6. The topological polar surface area (TPSA) is 148 Å². The lowest BCUT2D eigenvalue weighted by atomic mass is 9.87. The van der Waals surface area contributed by atoms with Gasteiger partial charge in [-0.15, -0.1) is 0 Å². The van der Waals surface area contributed by atoms with Crippen LogP contribution in [0.2, 0.25) is 0 Å². The summed E-state index contributed by atoms with van der Waals surface area (Å²) in [6.45, 7) is 7.03. The molecule has 1 aliphatic heterocycles. The summed E-state index contributed by atoms with van der Waals surface area (Å²) in [4.78, 5) is 59.8. The molecule has 0 aromatic heterocycles. The number of carbonyl (C=O) groups is 4. The first-order valence-electron chi connectivity index (χ1n) is 11.3. The molecular formula is C25H28N4O7. The SMILES string of the molecule is Cc1ccc(NC(=O)COC(=O)[C@H]2CC(=O)N(NC(=O)c3ccc(C(C)(C)C)cc3)C2)cc1[N+](=O)[O-]. The van der Waals surface area contributed by atoms with E-state index in [1.54, 1.807) is 19.1 Å². The number of ether oxygens (including phenoxy) is 1. The number of esters is 1. The molecule has 0 radical (unpaired) electrons. The molecule has 0 spiro atoms. The Bertz CT molecular complexity index is 1200. The molecule has 1 fully saturated rings. The minimum absolute atomic E-state index is 0.0670. The maximum atomic E-state index is 12.5. The van der Waals surface area contributed by atoms with Crippen LogP contribution >= 0.6 is 0 Å². The van der Waals surface area contributed by atoms with Crippen molar-refractivity contribution in [2.75, 3.05) is 18.5 Å². The second-order valence-electron chi connectivity index (χ2n) is 9.59. The van der Waals surface area contributed by atoms with Gasteiger partial charge in [-0.3, -0.25) is 39.7 Å². The highest BCUT2D eigenvalue weighted by Gasteiger charge is 2.36. The van der Waals surface area contributed by atoms with Crippen LogP contribution in [0.25, 0.3) is 0 Å². The molecule has 3 rings (SSSR count). The van der Waals surface area contributed by atoms with E-state index in [9.17, 15) is 29.3 Å². The van der Waals surface area contributed by atoms with Crippen molar-refractivity contribution in [3.8, 4) is 0 Å². The van der Waals surface area contributed by atoms with Crippen LogP contribution in [0.15, 0.2) is 42.5 Å². The van der Waals surface area contributed by atoms with Gasteiger partial charge in [0.25, 0.3) is 17.5 Å². The lowest BCUT2D eigenvalue weighted by Crippen LogP contribution is -2.43. The van der Waals surface area contributed by atoms with E-state index in [1.165, 1.54) is 18.2 Å². The molecule has 190 valence electrons. The Morgan fingerprint density at radius 1 is 1.14 bits per heavy atom. The van der Waals surface area contributed by atoms with Gasteiger partial charge in [-0.05, 0) is 36.1 Å². The first-order chi connectivity index (χ1) is 16.8. The molecule has 2 aromatic carbocycles. The molecule has 0 saturated carbocycles. The Kier molecular flexibility index (Phi) is 7.71. The molecule has 2 N–H and O–H groups in total. The van der Waals surface area contributed by atoms with Gasteiger partial charge in [-0.1, -0.05) is 39.0 Å². The van der Waals surface area contributed by atoms with Crippen LogP contribution in [0.1, 0.15) is 48.7 Å². The number of nitro groups is 1. The molecule has 1 atom stereocenters. The number of nitrogens with zero attached hydrogens (tertiary/aromatic N) is 2. The number of rotatable bonds is 7. The monoisotopic (exact) mass is 496 g/mol. The summed E-state index contributed by atoms with van der Waals surface area (Å²) < 4.78 is 5.02. The normalized spacial score (nSPS) is 15.4. The van der Waals surface area contributed by atoms with E-state index in [0.29, 0.717) is 11.1 Å². The molecule has 3 amide bonds. The lowest BCUT2D eigenvalue weighted by Gasteiger charge is -2.20. The van der Waals surface area contributed by atoms with Crippen LogP contribution in [0.3, 0.4) is 0 Å². The van der Waals surface area contributed by atoms with Crippen LogP contribution in [-0.2, 0) is 24.5 Å². The summed E-state index contributed by atoms with van der Waals surface area (Å²) in [5.41, 5.74) is 4.35. The van der Waals surface area contributed by atoms with Crippen LogP contribution in [0, 0.1) is 23.0 Å². The van der Waals surface area contributed by atoms with E-state index < -0.39 is 41.1 Å². The first-order valence-corrected chi connectivity index (χ1v) is 11.3. The van der Waals surface area contributed by atoms with Gasteiger partial charge in [0, 0.05) is 29.3 Å². The third-order valence-electron chi connectivity index (χ3n) is 5.74. The van der Waals surface area contributed by atoms with Crippen molar-refractivity contribution >= 4 is 35.1 Å². The zero-order valence-electron chi connectivity index (χ0n) is 20.5. The van der Waals surface area contributed by atoms with Crippen molar-refractivity contribution in [3.05, 3.63) is 69.3 Å². The van der Waals surface area contributed by atoms with Crippen molar-refractivity contribution in [1.29, 1.82) is 0 Å². The van der Waals surface area contributed by atoms with E-state index in [0.717, 1.165) is 10.6 Å². The van der Waals surface area contributed by atoms with Crippen LogP contribution in [0.4, 0.5) is 11.4 Å². The minimum atomic E-state index is -0.852. The van der Waals surface area contributed by atoms with Crippen LogP contribution in [0.5, 0.6) is 0 Å². The van der Waals surface area contributed by atoms with Crippen LogP contribution in [-0.4, -0.2) is 46.8 Å². The summed E-state index contributed by atoms with van der Waals surface area (Å²) >= 11 is 0. The molecule has 11 heteroatoms. The molecule has 1 aliphatic rings. The first kappa shape index (κ1) is 26.3. The maximum absolute atomic E-state index is 12.5. The number of hydrogen-bond acceptors (Lipinski definition) is 7. The van der Waals surface area contributed by atoms with Gasteiger partial charge in [0.1, 0.15) is 0 Å². The third-order valence-corrected chi connectivity index (χ3v) is 5.74. The fourth-order valence-electron chi connectivity index (χ4n) is 3.62. The Balaban J connectivity index is 1.50. The molecule has 0 bridgehead atoms. The Hall–Kier alpha value is -4.28. The summed E-state index contributed by atoms with van der Waals surface area (Å²) in [5.74, 6) is -3.24. The van der Waals surface area contributed by atoms with Gasteiger partial charge in [-0.2, -0.15) is 0 Å². The van der Waals surface area contributed by atoms with Gasteiger partial charge in [-0.25, -0.2) is 0 Å². The van der Waals surface area contributed by atoms with E-state index in [1.807, 2.05) is 12.1 Å². The largest absolute Gasteiger partial charge is 0.455 e. The fourth-order valence-corrected chi connectivity index (χ4v) is 3.62. The zero-order chi connectivity index (χ0) is 26.6. The van der Waals surface area contributed by atoms with Gasteiger partial charge in [0.05, 0.1) is 17.4 Å². The number of carbonyl (C=O) groups excluding carboxylic acids is 4. The predicted octanol–water partition coefficient (Wildman–Crippen LogP) is 2.88. The maximum Gasteiger partial charge on any atom is 0.311 e. The number of benzene rings is 2. The number of hydrazine groups is 1. The number of aryl methyl sites for hydroxylation is 1. The summed E-state index contributed by atoms with van der Waals surface area (Å²) in [6, 6.07) is 11.2. The van der Waals surface area contributed by atoms with Crippen LogP contribution < -0.4 is 10.7 Å². The quantitative estimate of drug-likeness (QED) is 0.340.